The van der Waals surface area contributed by atoms with Crippen molar-refractivity contribution in [3.05, 3.63) is 42.1 Å². The number of hydrogen-bond acceptors (Lipinski definition) is 1. The van der Waals surface area contributed by atoms with Crippen molar-refractivity contribution in [1.82, 2.24) is 4.98 Å². The third kappa shape index (κ3) is 2.48. The van der Waals surface area contributed by atoms with Crippen LogP contribution in [0.25, 0.3) is 10.9 Å². The first-order chi connectivity index (χ1) is 7.29. The Morgan fingerprint density at radius 1 is 1.20 bits per heavy atom. The first-order valence-corrected chi connectivity index (χ1v) is 5.72. The van der Waals surface area contributed by atoms with E-state index in [0.29, 0.717) is 0 Å². The number of nitrogens with zero attached hydrogens (tertiary/aromatic N) is 1. The second kappa shape index (κ2) is 4.63. The van der Waals surface area contributed by atoms with Gasteiger partial charge in [0.1, 0.15) is 0 Å². The van der Waals surface area contributed by atoms with Gasteiger partial charge in [-0.3, -0.25) is 4.98 Å². The van der Waals surface area contributed by atoms with Gasteiger partial charge in [-0.2, -0.15) is 0 Å². The largest absolute Gasteiger partial charge is 0.253 e. The normalized spacial score (nSPS) is 12.9. The minimum Gasteiger partial charge on any atom is -0.253 e. The second-order valence-electron chi connectivity index (χ2n) is 3.70. The number of benzene rings is 1. The van der Waals surface area contributed by atoms with E-state index in [1.54, 1.807) is 0 Å². The van der Waals surface area contributed by atoms with E-state index in [1.165, 1.54) is 5.39 Å². The number of alkyl halides is 1. The van der Waals surface area contributed by atoms with Crippen molar-refractivity contribution >= 4 is 22.5 Å². The lowest BCUT2D eigenvalue weighted by atomic mass is 10.1. The molecule has 0 amide bonds. The Hall–Kier alpha value is -1.08. The van der Waals surface area contributed by atoms with Crippen LogP contribution >= 0.6 is 11.6 Å². The Morgan fingerprint density at radius 2 is 2.00 bits per heavy atom. The highest BCUT2D eigenvalue weighted by molar-refractivity contribution is 6.20. The molecule has 2 rings (SSSR count). The van der Waals surface area contributed by atoms with Crippen LogP contribution in [0.1, 0.15) is 19.0 Å². The van der Waals surface area contributed by atoms with Crippen LogP contribution in [0.5, 0.6) is 0 Å². The standard InChI is InChI=1S/C13H14ClN/c1-2-11(14)9-12-8-7-10-5-3-4-6-13(10)15-12/h3-8,11H,2,9H2,1H3. The highest BCUT2D eigenvalue weighted by Gasteiger charge is 2.04. The van der Waals surface area contributed by atoms with Gasteiger partial charge in [0.25, 0.3) is 0 Å². The Labute approximate surface area is 95.1 Å². The molecule has 0 fully saturated rings. The number of para-hydroxylation sites is 1. The van der Waals surface area contributed by atoms with Gasteiger partial charge in [-0.15, -0.1) is 11.6 Å². The molecule has 2 heteroatoms. The summed E-state index contributed by atoms with van der Waals surface area (Å²) in [6.07, 6.45) is 1.83. The molecule has 1 unspecified atom stereocenters. The van der Waals surface area contributed by atoms with Gasteiger partial charge < -0.3 is 0 Å². The second-order valence-corrected chi connectivity index (χ2v) is 4.32. The van der Waals surface area contributed by atoms with E-state index in [1.807, 2.05) is 18.2 Å². The summed E-state index contributed by atoms with van der Waals surface area (Å²) in [6, 6.07) is 12.3. The van der Waals surface area contributed by atoms with Crippen molar-refractivity contribution in [2.45, 2.75) is 25.1 Å². The number of hydrogen-bond donors (Lipinski definition) is 0. The van der Waals surface area contributed by atoms with Gasteiger partial charge in [0.15, 0.2) is 0 Å². The summed E-state index contributed by atoms with van der Waals surface area (Å²) in [5, 5.41) is 1.38. The van der Waals surface area contributed by atoms with Crippen LogP contribution in [0, 0.1) is 0 Å². The van der Waals surface area contributed by atoms with Gasteiger partial charge in [0, 0.05) is 22.9 Å². The maximum absolute atomic E-state index is 6.11. The molecule has 0 N–H and O–H groups in total. The zero-order chi connectivity index (χ0) is 10.7. The number of fused-ring (bicyclic) bond motifs is 1. The van der Waals surface area contributed by atoms with Gasteiger partial charge in [-0.05, 0) is 18.6 Å². The van der Waals surface area contributed by atoms with E-state index in [4.69, 9.17) is 11.6 Å². The van der Waals surface area contributed by atoms with Crippen LogP contribution in [0.15, 0.2) is 36.4 Å². The van der Waals surface area contributed by atoms with Crippen LogP contribution in [0.3, 0.4) is 0 Å². The van der Waals surface area contributed by atoms with Crippen LogP contribution in [-0.2, 0) is 6.42 Å². The fourth-order valence-electron chi connectivity index (χ4n) is 1.59. The summed E-state index contributed by atoms with van der Waals surface area (Å²) < 4.78 is 0. The first-order valence-electron chi connectivity index (χ1n) is 5.28. The van der Waals surface area contributed by atoms with Crippen LogP contribution in [0.4, 0.5) is 0 Å². The Kier molecular flexibility index (Phi) is 3.22. The summed E-state index contributed by atoms with van der Waals surface area (Å²) in [4.78, 5) is 4.58. The predicted molar refractivity (Wildman–Crippen MR) is 65.4 cm³/mol. The molecule has 1 heterocycles. The molecule has 0 radical (unpaired) electrons. The van der Waals surface area contributed by atoms with E-state index in [2.05, 4.69) is 30.1 Å². The third-order valence-corrected chi connectivity index (χ3v) is 2.99. The average Bonchev–Trinajstić information content (AvgIpc) is 2.29. The minimum absolute atomic E-state index is 0.193. The van der Waals surface area contributed by atoms with E-state index < -0.39 is 0 Å². The molecular weight excluding hydrogens is 206 g/mol. The molecule has 0 aliphatic heterocycles. The topological polar surface area (TPSA) is 12.9 Å². The van der Waals surface area contributed by atoms with Crippen LogP contribution in [-0.4, -0.2) is 10.4 Å². The Balaban J connectivity index is 2.30. The van der Waals surface area contributed by atoms with Crippen molar-refractivity contribution in [2.24, 2.45) is 0 Å². The molecule has 2 aromatic rings. The summed E-state index contributed by atoms with van der Waals surface area (Å²) in [5.74, 6) is 0. The van der Waals surface area contributed by atoms with E-state index in [9.17, 15) is 0 Å². The van der Waals surface area contributed by atoms with E-state index in [0.717, 1.165) is 24.1 Å². The highest BCUT2D eigenvalue weighted by atomic mass is 35.5. The molecule has 1 aromatic heterocycles. The zero-order valence-electron chi connectivity index (χ0n) is 8.78. The molecular formula is C13H14ClN. The van der Waals surface area contributed by atoms with Gasteiger partial charge in [0.2, 0.25) is 0 Å². The smallest absolute Gasteiger partial charge is 0.0705 e. The molecule has 0 aliphatic rings. The fourth-order valence-corrected chi connectivity index (χ4v) is 1.75. The van der Waals surface area contributed by atoms with Gasteiger partial charge in [-0.25, -0.2) is 0 Å². The minimum atomic E-state index is 0.193. The monoisotopic (exact) mass is 219 g/mol. The molecule has 1 nitrogen and oxygen atoms in total. The predicted octanol–water partition coefficient (Wildman–Crippen LogP) is 3.79. The lowest BCUT2D eigenvalue weighted by molar-refractivity contribution is 0.790. The molecule has 78 valence electrons. The molecule has 1 atom stereocenters. The fraction of sp³-hybridized carbons (Fsp3) is 0.308. The average molecular weight is 220 g/mol. The maximum Gasteiger partial charge on any atom is 0.0705 e. The van der Waals surface area contributed by atoms with E-state index in [-0.39, 0.29) is 5.38 Å². The Bertz CT molecular complexity index is 453. The number of halogens is 1. The SMILES string of the molecule is CCC(Cl)Cc1ccc2ccccc2n1. The maximum atomic E-state index is 6.11. The van der Waals surface area contributed by atoms with Crippen LogP contribution < -0.4 is 0 Å². The third-order valence-electron chi connectivity index (χ3n) is 2.53. The highest BCUT2D eigenvalue weighted by Crippen LogP contribution is 2.15. The van der Waals surface area contributed by atoms with Crippen molar-refractivity contribution in [3.8, 4) is 0 Å². The molecule has 1 aromatic carbocycles. The summed E-state index contributed by atoms with van der Waals surface area (Å²) in [7, 11) is 0. The van der Waals surface area contributed by atoms with Crippen molar-refractivity contribution in [1.29, 1.82) is 0 Å². The van der Waals surface area contributed by atoms with Crippen molar-refractivity contribution < 1.29 is 0 Å². The summed E-state index contributed by atoms with van der Waals surface area (Å²) >= 11 is 6.11. The zero-order valence-corrected chi connectivity index (χ0v) is 9.54. The number of pyridine rings is 1. The lowest BCUT2D eigenvalue weighted by Gasteiger charge is -2.06. The number of aromatic nitrogens is 1. The molecule has 0 saturated carbocycles. The first kappa shape index (κ1) is 10.4. The summed E-state index contributed by atoms with van der Waals surface area (Å²) in [6.45, 7) is 2.10. The molecule has 0 aliphatic carbocycles. The quantitative estimate of drug-likeness (QED) is 0.716. The molecule has 15 heavy (non-hydrogen) atoms. The van der Waals surface area contributed by atoms with Crippen molar-refractivity contribution in [3.63, 3.8) is 0 Å². The molecule has 0 bridgehead atoms. The number of rotatable bonds is 3. The molecule has 0 spiro atoms. The van der Waals surface area contributed by atoms with E-state index >= 15 is 0 Å². The summed E-state index contributed by atoms with van der Waals surface area (Å²) in [5.41, 5.74) is 2.13. The van der Waals surface area contributed by atoms with Crippen molar-refractivity contribution in [2.75, 3.05) is 0 Å². The van der Waals surface area contributed by atoms with Gasteiger partial charge >= 0.3 is 0 Å². The lowest BCUT2D eigenvalue weighted by Crippen LogP contribution is -2.03. The van der Waals surface area contributed by atoms with Crippen LogP contribution in [0.2, 0.25) is 0 Å². The van der Waals surface area contributed by atoms with Gasteiger partial charge in [0.05, 0.1) is 5.52 Å². The Morgan fingerprint density at radius 3 is 2.80 bits per heavy atom. The molecule has 0 saturated heterocycles. The van der Waals surface area contributed by atoms with Gasteiger partial charge in [-0.1, -0.05) is 31.2 Å².